The molecule has 0 aliphatic rings. The van der Waals surface area contributed by atoms with E-state index >= 15 is 0 Å². The molecule has 0 bridgehead atoms. The first kappa shape index (κ1) is 10.2. The van der Waals surface area contributed by atoms with Crippen LogP contribution >= 0.6 is 23.2 Å². The zero-order chi connectivity index (χ0) is 10.7. The molecule has 2 rings (SSSR count). The topological polar surface area (TPSA) is 25.8 Å². The van der Waals surface area contributed by atoms with Gasteiger partial charge in [0.25, 0.3) is 0 Å². The molecule has 0 aliphatic heterocycles. The summed E-state index contributed by atoms with van der Waals surface area (Å²) in [6, 6.07) is 5.59. The standard InChI is InChI=1S/C11H6Cl2N2/c12-5-1-2-8-3-4-9-10(6-8)14-7-15-11(9)13/h3-4,6-7H,5H2. The first-order valence-corrected chi connectivity index (χ1v) is 5.17. The third-order valence-electron chi connectivity index (χ3n) is 1.89. The zero-order valence-corrected chi connectivity index (χ0v) is 9.18. The molecule has 0 radical (unpaired) electrons. The van der Waals surface area contributed by atoms with Gasteiger partial charge in [-0.15, -0.1) is 11.6 Å². The van der Waals surface area contributed by atoms with Gasteiger partial charge in [0.2, 0.25) is 0 Å². The van der Waals surface area contributed by atoms with Gasteiger partial charge in [-0.1, -0.05) is 23.4 Å². The highest BCUT2D eigenvalue weighted by Crippen LogP contribution is 2.19. The third-order valence-corrected chi connectivity index (χ3v) is 2.32. The molecule has 2 aromatic rings. The second kappa shape index (κ2) is 4.48. The molecule has 0 amide bonds. The maximum Gasteiger partial charge on any atom is 0.140 e. The SMILES string of the molecule is ClCC#Cc1ccc2c(Cl)ncnc2c1. The van der Waals surface area contributed by atoms with Gasteiger partial charge in [0.15, 0.2) is 0 Å². The molecule has 0 atom stereocenters. The fourth-order valence-electron chi connectivity index (χ4n) is 1.24. The quantitative estimate of drug-likeness (QED) is 0.400. The number of benzene rings is 1. The molecule has 1 heterocycles. The Bertz CT molecular complexity index is 555. The Morgan fingerprint density at radius 3 is 2.93 bits per heavy atom. The molecule has 15 heavy (non-hydrogen) atoms. The van der Waals surface area contributed by atoms with E-state index in [1.165, 1.54) is 6.33 Å². The number of nitrogens with zero attached hydrogens (tertiary/aromatic N) is 2. The van der Waals surface area contributed by atoms with Crippen molar-refractivity contribution in [3.05, 3.63) is 35.2 Å². The summed E-state index contributed by atoms with van der Waals surface area (Å²) in [6.07, 6.45) is 1.43. The normalized spacial score (nSPS) is 9.73. The predicted octanol–water partition coefficient (Wildman–Crippen LogP) is 2.87. The van der Waals surface area contributed by atoms with Crippen LogP contribution < -0.4 is 0 Å². The Kier molecular flexibility index (Phi) is 3.05. The minimum Gasteiger partial charge on any atom is -0.236 e. The van der Waals surface area contributed by atoms with Crippen LogP contribution in [0.1, 0.15) is 5.56 Å². The number of hydrogen-bond donors (Lipinski definition) is 0. The van der Waals surface area contributed by atoms with Gasteiger partial charge in [0.05, 0.1) is 11.4 Å². The van der Waals surface area contributed by atoms with Gasteiger partial charge in [0, 0.05) is 10.9 Å². The van der Waals surface area contributed by atoms with Crippen LogP contribution in [-0.4, -0.2) is 15.8 Å². The van der Waals surface area contributed by atoms with Crippen LogP contribution in [0.25, 0.3) is 10.9 Å². The van der Waals surface area contributed by atoms with Crippen molar-refractivity contribution in [2.45, 2.75) is 0 Å². The maximum atomic E-state index is 5.91. The van der Waals surface area contributed by atoms with Gasteiger partial charge in [-0.3, -0.25) is 0 Å². The van der Waals surface area contributed by atoms with Crippen molar-refractivity contribution in [3.63, 3.8) is 0 Å². The maximum absolute atomic E-state index is 5.91. The van der Waals surface area contributed by atoms with E-state index in [0.717, 1.165) is 16.5 Å². The number of alkyl halides is 1. The third kappa shape index (κ3) is 2.20. The average Bonchev–Trinajstić information content (AvgIpc) is 2.26. The smallest absolute Gasteiger partial charge is 0.140 e. The molecule has 1 aromatic heterocycles. The van der Waals surface area contributed by atoms with Crippen LogP contribution in [-0.2, 0) is 0 Å². The molecule has 2 nitrogen and oxygen atoms in total. The van der Waals surface area contributed by atoms with Crippen LogP contribution in [0.4, 0.5) is 0 Å². The van der Waals surface area contributed by atoms with Gasteiger partial charge in [0.1, 0.15) is 11.5 Å². The van der Waals surface area contributed by atoms with E-state index in [1.807, 2.05) is 18.2 Å². The lowest BCUT2D eigenvalue weighted by Crippen LogP contribution is -1.84. The summed E-state index contributed by atoms with van der Waals surface area (Å²) in [4.78, 5) is 8.01. The van der Waals surface area contributed by atoms with Crippen molar-refractivity contribution in [1.82, 2.24) is 9.97 Å². The summed E-state index contributed by atoms with van der Waals surface area (Å²) < 4.78 is 0. The van der Waals surface area contributed by atoms with Crippen LogP contribution in [0.5, 0.6) is 0 Å². The van der Waals surface area contributed by atoms with Crippen LogP contribution in [0.15, 0.2) is 24.5 Å². The van der Waals surface area contributed by atoms with Gasteiger partial charge in [-0.25, -0.2) is 9.97 Å². The number of hydrogen-bond acceptors (Lipinski definition) is 2. The van der Waals surface area contributed by atoms with Crippen molar-refractivity contribution < 1.29 is 0 Å². The molecular formula is C11H6Cl2N2. The summed E-state index contributed by atoms with van der Waals surface area (Å²) in [7, 11) is 0. The van der Waals surface area contributed by atoms with Crippen molar-refractivity contribution in [3.8, 4) is 11.8 Å². The highest BCUT2D eigenvalue weighted by molar-refractivity contribution is 6.34. The van der Waals surface area contributed by atoms with Gasteiger partial charge in [-0.2, -0.15) is 0 Å². The second-order valence-corrected chi connectivity index (χ2v) is 3.46. The van der Waals surface area contributed by atoms with E-state index in [-0.39, 0.29) is 0 Å². The van der Waals surface area contributed by atoms with E-state index in [0.29, 0.717) is 11.0 Å². The molecule has 1 aromatic carbocycles. The van der Waals surface area contributed by atoms with Crippen LogP contribution in [0, 0.1) is 11.8 Å². The van der Waals surface area contributed by atoms with E-state index in [1.54, 1.807) is 0 Å². The van der Waals surface area contributed by atoms with Crippen molar-refractivity contribution in [1.29, 1.82) is 0 Å². The van der Waals surface area contributed by atoms with E-state index in [2.05, 4.69) is 21.8 Å². The van der Waals surface area contributed by atoms with E-state index < -0.39 is 0 Å². The summed E-state index contributed by atoms with van der Waals surface area (Å²) >= 11 is 11.4. The fourth-order valence-corrected chi connectivity index (χ4v) is 1.51. The zero-order valence-electron chi connectivity index (χ0n) is 7.67. The monoisotopic (exact) mass is 236 g/mol. The minimum atomic E-state index is 0.322. The highest BCUT2D eigenvalue weighted by atomic mass is 35.5. The Morgan fingerprint density at radius 2 is 2.13 bits per heavy atom. The second-order valence-electron chi connectivity index (χ2n) is 2.83. The molecule has 0 unspecified atom stereocenters. The predicted molar refractivity (Wildman–Crippen MR) is 62.1 cm³/mol. The molecule has 0 saturated heterocycles. The molecule has 0 fully saturated rings. The first-order valence-electron chi connectivity index (χ1n) is 4.26. The number of rotatable bonds is 0. The molecule has 0 spiro atoms. The van der Waals surface area contributed by atoms with E-state index in [9.17, 15) is 0 Å². The molecule has 0 N–H and O–H groups in total. The van der Waals surface area contributed by atoms with E-state index in [4.69, 9.17) is 23.2 Å². The molecule has 74 valence electrons. The summed E-state index contributed by atoms with van der Waals surface area (Å²) in [5.41, 5.74) is 1.66. The van der Waals surface area contributed by atoms with Gasteiger partial charge in [-0.05, 0) is 18.2 Å². The lowest BCUT2D eigenvalue weighted by Gasteiger charge is -1.98. The lowest BCUT2D eigenvalue weighted by molar-refractivity contribution is 1.22. The van der Waals surface area contributed by atoms with Crippen molar-refractivity contribution in [2.24, 2.45) is 0 Å². The largest absolute Gasteiger partial charge is 0.236 e. The first-order chi connectivity index (χ1) is 7.31. The summed E-state index contributed by atoms with van der Waals surface area (Å²) in [6.45, 7) is 0. The Morgan fingerprint density at radius 1 is 1.27 bits per heavy atom. The Hall–Kier alpha value is -1.30. The van der Waals surface area contributed by atoms with Crippen molar-refractivity contribution >= 4 is 34.1 Å². The summed E-state index contributed by atoms with van der Waals surface area (Å²) in [5.74, 6) is 6.03. The summed E-state index contributed by atoms with van der Waals surface area (Å²) in [5, 5.41) is 1.28. The fraction of sp³-hybridized carbons (Fsp3) is 0.0909. The van der Waals surface area contributed by atoms with Gasteiger partial charge < -0.3 is 0 Å². The number of halogens is 2. The number of fused-ring (bicyclic) bond motifs is 1. The minimum absolute atomic E-state index is 0.322. The lowest BCUT2D eigenvalue weighted by atomic mass is 10.1. The Labute approximate surface area is 97.3 Å². The number of aromatic nitrogens is 2. The van der Waals surface area contributed by atoms with Crippen molar-refractivity contribution in [2.75, 3.05) is 5.88 Å². The van der Waals surface area contributed by atoms with Crippen LogP contribution in [0.3, 0.4) is 0 Å². The molecule has 0 aliphatic carbocycles. The molecule has 4 heteroatoms. The van der Waals surface area contributed by atoms with Crippen LogP contribution in [0.2, 0.25) is 5.15 Å². The average molecular weight is 237 g/mol. The van der Waals surface area contributed by atoms with Gasteiger partial charge >= 0.3 is 0 Å². The Balaban J connectivity index is 2.57. The molecule has 0 saturated carbocycles. The molecular weight excluding hydrogens is 231 g/mol. The highest BCUT2D eigenvalue weighted by Gasteiger charge is 2.00.